The molecule has 0 spiro atoms. The van der Waals surface area contributed by atoms with Gasteiger partial charge in [-0.1, -0.05) is 17.4 Å². The molecule has 28 heavy (non-hydrogen) atoms. The van der Waals surface area contributed by atoms with Crippen molar-refractivity contribution in [3.05, 3.63) is 44.1 Å². The summed E-state index contributed by atoms with van der Waals surface area (Å²) in [7, 11) is 0. The number of aromatic nitrogens is 1. The Morgan fingerprint density at radius 3 is 2.68 bits per heavy atom. The molecule has 148 valence electrons. The van der Waals surface area contributed by atoms with Gasteiger partial charge in [-0.3, -0.25) is 9.69 Å². The second-order valence-corrected chi connectivity index (χ2v) is 10.6. The zero-order valence-corrected chi connectivity index (χ0v) is 19.2. The average molecular weight is 479 g/mol. The van der Waals surface area contributed by atoms with Gasteiger partial charge in [0.1, 0.15) is 0 Å². The van der Waals surface area contributed by atoms with Gasteiger partial charge in [-0.25, -0.2) is 4.98 Å². The van der Waals surface area contributed by atoms with Gasteiger partial charge in [0.25, 0.3) is 5.91 Å². The first kappa shape index (κ1) is 19.8. The summed E-state index contributed by atoms with van der Waals surface area (Å²) < 4.78 is 2.26. The molecule has 1 aliphatic heterocycles. The summed E-state index contributed by atoms with van der Waals surface area (Å²) in [5, 5.41) is 4.14. The lowest BCUT2D eigenvalue weighted by Gasteiger charge is -2.34. The number of nitrogens with zero attached hydrogens (tertiary/aromatic N) is 3. The summed E-state index contributed by atoms with van der Waals surface area (Å²) in [4.78, 5) is 22.5. The Morgan fingerprint density at radius 2 is 1.96 bits per heavy atom. The van der Waals surface area contributed by atoms with Gasteiger partial charge in [-0.2, -0.15) is 0 Å². The number of aryl methyl sites for hydroxylation is 2. The average Bonchev–Trinajstić information content (AvgIpc) is 3.29. The van der Waals surface area contributed by atoms with Crippen molar-refractivity contribution in [2.75, 3.05) is 44.2 Å². The predicted molar refractivity (Wildman–Crippen MR) is 122 cm³/mol. The fourth-order valence-electron chi connectivity index (χ4n) is 3.51. The first-order chi connectivity index (χ1) is 13.5. The van der Waals surface area contributed by atoms with Crippen LogP contribution in [0.4, 0.5) is 5.13 Å². The minimum absolute atomic E-state index is 0.00877. The van der Waals surface area contributed by atoms with Crippen LogP contribution >= 0.6 is 38.6 Å². The van der Waals surface area contributed by atoms with Gasteiger partial charge in [-0.05, 0) is 59.1 Å². The van der Waals surface area contributed by atoms with Crippen molar-refractivity contribution < 1.29 is 4.79 Å². The van der Waals surface area contributed by atoms with Crippen LogP contribution < -0.4 is 10.2 Å². The Morgan fingerprint density at radius 1 is 1.18 bits per heavy atom. The lowest BCUT2D eigenvalue weighted by atomic mass is 10.1. The van der Waals surface area contributed by atoms with Gasteiger partial charge in [-0.15, -0.1) is 11.3 Å². The number of thiazole rings is 1. The van der Waals surface area contributed by atoms with E-state index in [1.54, 1.807) is 11.3 Å². The molecule has 1 N–H and O–H groups in total. The van der Waals surface area contributed by atoms with E-state index in [9.17, 15) is 4.79 Å². The molecule has 0 unspecified atom stereocenters. The zero-order valence-electron chi connectivity index (χ0n) is 16.0. The van der Waals surface area contributed by atoms with Crippen molar-refractivity contribution in [2.45, 2.75) is 13.8 Å². The molecule has 1 fully saturated rings. The summed E-state index contributed by atoms with van der Waals surface area (Å²) >= 11 is 6.65. The van der Waals surface area contributed by atoms with Crippen molar-refractivity contribution in [1.82, 2.24) is 15.2 Å². The third kappa shape index (κ3) is 4.40. The van der Waals surface area contributed by atoms with E-state index < -0.39 is 0 Å². The third-order valence-electron chi connectivity index (χ3n) is 4.97. The van der Waals surface area contributed by atoms with Crippen molar-refractivity contribution in [2.24, 2.45) is 0 Å². The highest BCUT2D eigenvalue weighted by molar-refractivity contribution is 9.11. The maximum atomic E-state index is 12.1. The van der Waals surface area contributed by atoms with Gasteiger partial charge < -0.3 is 10.2 Å². The van der Waals surface area contributed by atoms with Crippen molar-refractivity contribution >= 4 is 59.9 Å². The SMILES string of the molecule is Cc1cc(C)c2nc(N3CCN(CCNC(=O)c4ccc(Br)s4)CC3)sc2c1. The number of piperazine rings is 1. The Hall–Kier alpha value is -1.48. The number of fused-ring (bicyclic) bond motifs is 1. The van der Waals surface area contributed by atoms with Gasteiger partial charge >= 0.3 is 0 Å². The summed E-state index contributed by atoms with van der Waals surface area (Å²) in [5.74, 6) is 0.00877. The number of carbonyl (C=O) groups excluding carboxylic acids is 1. The van der Waals surface area contributed by atoms with Crippen LogP contribution in [0.2, 0.25) is 0 Å². The summed E-state index contributed by atoms with van der Waals surface area (Å²) in [6, 6.07) is 8.19. The molecule has 1 amide bonds. The van der Waals surface area contributed by atoms with Crippen LogP contribution in [0.3, 0.4) is 0 Å². The Labute approximate surface area is 181 Å². The number of hydrogen-bond acceptors (Lipinski definition) is 6. The quantitative estimate of drug-likeness (QED) is 0.593. The van der Waals surface area contributed by atoms with Crippen molar-refractivity contribution in [3.63, 3.8) is 0 Å². The number of halogens is 1. The summed E-state index contributed by atoms with van der Waals surface area (Å²) in [6.45, 7) is 9.77. The van der Waals surface area contributed by atoms with Crippen LogP contribution in [-0.2, 0) is 0 Å². The predicted octanol–water partition coefficient (Wildman–Crippen LogP) is 4.29. The van der Waals surface area contributed by atoms with E-state index in [1.807, 2.05) is 12.1 Å². The van der Waals surface area contributed by atoms with E-state index in [0.29, 0.717) is 6.54 Å². The van der Waals surface area contributed by atoms with Gasteiger partial charge in [0, 0.05) is 39.3 Å². The third-order valence-corrected chi connectivity index (χ3v) is 7.66. The number of benzene rings is 1. The smallest absolute Gasteiger partial charge is 0.261 e. The normalized spacial score (nSPS) is 15.3. The molecule has 0 atom stereocenters. The summed E-state index contributed by atoms with van der Waals surface area (Å²) in [5.41, 5.74) is 3.68. The molecule has 5 nitrogen and oxygen atoms in total. The van der Waals surface area contributed by atoms with E-state index in [0.717, 1.165) is 52.0 Å². The van der Waals surface area contributed by atoms with E-state index in [4.69, 9.17) is 4.98 Å². The van der Waals surface area contributed by atoms with Crippen LogP contribution in [0.25, 0.3) is 10.2 Å². The number of anilines is 1. The molecule has 0 radical (unpaired) electrons. The molecule has 0 saturated carbocycles. The van der Waals surface area contributed by atoms with Crippen LogP contribution in [0.5, 0.6) is 0 Å². The Kier molecular flexibility index (Phi) is 6.01. The van der Waals surface area contributed by atoms with Crippen LogP contribution in [-0.4, -0.2) is 55.1 Å². The molecule has 1 saturated heterocycles. The molecule has 1 aromatic carbocycles. The molecule has 8 heteroatoms. The number of amides is 1. The maximum Gasteiger partial charge on any atom is 0.261 e. The monoisotopic (exact) mass is 478 g/mol. The first-order valence-corrected chi connectivity index (χ1v) is 11.8. The highest BCUT2D eigenvalue weighted by Gasteiger charge is 2.20. The van der Waals surface area contributed by atoms with E-state index in [2.05, 4.69) is 57.0 Å². The molecule has 3 aromatic rings. The number of thiophene rings is 1. The molecular weight excluding hydrogens is 456 g/mol. The molecule has 2 aromatic heterocycles. The minimum atomic E-state index is 0.00877. The van der Waals surface area contributed by atoms with E-state index in [1.165, 1.54) is 27.2 Å². The number of rotatable bonds is 5. The number of hydrogen-bond donors (Lipinski definition) is 1. The largest absolute Gasteiger partial charge is 0.350 e. The van der Waals surface area contributed by atoms with Gasteiger partial charge in [0.15, 0.2) is 5.13 Å². The first-order valence-electron chi connectivity index (χ1n) is 9.38. The number of carbonyl (C=O) groups is 1. The maximum absolute atomic E-state index is 12.1. The second kappa shape index (κ2) is 8.49. The summed E-state index contributed by atoms with van der Waals surface area (Å²) in [6.07, 6.45) is 0. The lowest BCUT2D eigenvalue weighted by Crippen LogP contribution is -2.48. The molecule has 0 bridgehead atoms. The van der Waals surface area contributed by atoms with Crippen molar-refractivity contribution in [1.29, 1.82) is 0 Å². The van der Waals surface area contributed by atoms with Crippen LogP contribution in [0, 0.1) is 13.8 Å². The fraction of sp³-hybridized carbons (Fsp3) is 0.400. The van der Waals surface area contributed by atoms with E-state index >= 15 is 0 Å². The molecule has 3 heterocycles. The minimum Gasteiger partial charge on any atom is -0.350 e. The fourth-order valence-corrected chi connectivity index (χ4v) is 6.00. The molecular formula is C20H23BrN4OS2. The lowest BCUT2D eigenvalue weighted by molar-refractivity contribution is 0.0952. The highest BCUT2D eigenvalue weighted by Crippen LogP contribution is 2.32. The van der Waals surface area contributed by atoms with Crippen LogP contribution in [0.15, 0.2) is 28.1 Å². The molecule has 4 rings (SSSR count). The van der Waals surface area contributed by atoms with Gasteiger partial charge in [0.2, 0.25) is 0 Å². The standard InChI is InChI=1S/C20H23BrN4OS2/c1-13-11-14(2)18-16(12-13)28-20(23-18)25-9-7-24(8-10-25)6-5-22-19(26)15-3-4-17(21)27-15/h3-4,11-12H,5-10H2,1-2H3,(H,22,26). The molecule has 0 aliphatic carbocycles. The Balaban J connectivity index is 1.28. The number of nitrogens with one attached hydrogen (secondary N) is 1. The van der Waals surface area contributed by atoms with Gasteiger partial charge in [0.05, 0.1) is 18.9 Å². The Bertz CT molecular complexity index is 991. The van der Waals surface area contributed by atoms with E-state index in [-0.39, 0.29) is 5.91 Å². The molecule has 1 aliphatic rings. The topological polar surface area (TPSA) is 48.5 Å². The zero-order chi connectivity index (χ0) is 19.7. The van der Waals surface area contributed by atoms with Crippen molar-refractivity contribution in [3.8, 4) is 0 Å². The second-order valence-electron chi connectivity index (χ2n) is 7.11. The van der Waals surface area contributed by atoms with Crippen LogP contribution in [0.1, 0.15) is 20.8 Å². The highest BCUT2D eigenvalue weighted by atomic mass is 79.9.